The smallest absolute Gasteiger partial charge is 0.416 e. The molecule has 0 saturated carbocycles. The van der Waals surface area contributed by atoms with E-state index in [-0.39, 0.29) is 29.7 Å². The van der Waals surface area contributed by atoms with Crippen LogP contribution in [0.5, 0.6) is 0 Å². The number of carbonyl (C=O) groups excluding carboxylic acids is 1. The Morgan fingerprint density at radius 1 is 1.11 bits per heavy atom. The summed E-state index contributed by atoms with van der Waals surface area (Å²) in [5.41, 5.74) is 0.131. The minimum atomic E-state index is -4.54. The second-order valence-corrected chi connectivity index (χ2v) is 6.23. The van der Waals surface area contributed by atoms with E-state index in [1.165, 1.54) is 36.9 Å². The van der Waals surface area contributed by atoms with E-state index in [4.69, 9.17) is 4.42 Å². The number of ketones is 1. The SMILES string of the molecule is Cc1ccc(CC(=O)Cc2ccc(-c3cnco3)c(F)c2)c(C(F)(F)F)c1. The lowest BCUT2D eigenvalue weighted by Gasteiger charge is -2.13. The molecule has 0 amide bonds. The zero-order valence-electron chi connectivity index (χ0n) is 14.3. The van der Waals surface area contributed by atoms with E-state index in [0.29, 0.717) is 11.1 Å². The highest BCUT2D eigenvalue weighted by atomic mass is 19.4. The molecule has 3 nitrogen and oxygen atoms in total. The minimum absolute atomic E-state index is 0.0862. The van der Waals surface area contributed by atoms with Crippen LogP contribution in [0.4, 0.5) is 17.6 Å². The van der Waals surface area contributed by atoms with Gasteiger partial charge in [0, 0.05) is 12.8 Å². The highest BCUT2D eigenvalue weighted by Gasteiger charge is 2.33. The van der Waals surface area contributed by atoms with E-state index >= 15 is 0 Å². The molecule has 2 aromatic carbocycles. The first-order valence-electron chi connectivity index (χ1n) is 8.10. The Labute approximate surface area is 152 Å². The number of hydrogen-bond acceptors (Lipinski definition) is 3. The fourth-order valence-electron chi connectivity index (χ4n) is 2.83. The standard InChI is InChI=1S/C20H15F4NO2/c1-12-2-4-14(17(6-12)20(22,23)24)9-15(26)7-13-3-5-16(18(21)8-13)19-10-25-11-27-19/h2-6,8,10-11H,7,9H2,1H3. The summed E-state index contributed by atoms with van der Waals surface area (Å²) in [7, 11) is 0. The molecule has 0 radical (unpaired) electrons. The lowest BCUT2D eigenvalue weighted by molar-refractivity contribution is -0.138. The number of rotatable bonds is 5. The summed E-state index contributed by atoms with van der Waals surface area (Å²) in [5.74, 6) is -0.778. The van der Waals surface area contributed by atoms with Crippen molar-refractivity contribution in [2.75, 3.05) is 0 Å². The third kappa shape index (κ3) is 4.42. The van der Waals surface area contributed by atoms with Crippen LogP contribution < -0.4 is 0 Å². The van der Waals surface area contributed by atoms with Gasteiger partial charge in [-0.25, -0.2) is 9.37 Å². The van der Waals surface area contributed by atoms with Crippen LogP contribution in [0.2, 0.25) is 0 Å². The summed E-state index contributed by atoms with van der Waals surface area (Å²) in [4.78, 5) is 16.0. The quantitative estimate of drug-likeness (QED) is 0.577. The number of carbonyl (C=O) groups is 1. The number of hydrogen-bond donors (Lipinski definition) is 0. The van der Waals surface area contributed by atoms with E-state index in [9.17, 15) is 22.4 Å². The monoisotopic (exact) mass is 377 g/mol. The summed E-state index contributed by atoms with van der Waals surface area (Å²) in [6, 6.07) is 8.03. The predicted molar refractivity (Wildman–Crippen MR) is 90.5 cm³/mol. The molecule has 3 aromatic rings. The number of aromatic nitrogens is 1. The molecule has 0 saturated heterocycles. The van der Waals surface area contributed by atoms with Gasteiger partial charge < -0.3 is 4.42 Å². The van der Waals surface area contributed by atoms with Crippen LogP contribution in [0, 0.1) is 12.7 Å². The lowest BCUT2D eigenvalue weighted by atomic mass is 9.96. The Bertz CT molecular complexity index is 963. The van der Waals surface area contributed by atoms with Gasteiger partial charge in [0.05, 0.1) is 17.3 Å². The molecule has 0 aliphatic heterocycles. The number of halogens is 4. The Kier molecular flexibility index (Phi) is 5.12. The van der Waals surface area contributed by atoms with E-state index in [1.54, 1.807) is 13.0 Å². The van der Waals surface area contributed by atoms with Gasteiger partial charge in [0.25, 0.3) is 0 Å². The molecule has 3 rings (SSSR count). The molecule has 0 fully saturated rings. The Balaban J connectivity index is 1.76. The van der Waals surface area contributed by atoms with Crippen LogP contribution in [0.15, 0.2) is 53.4 Å². The van der Waals surface area contributed by atoms with Crippen LogP contribution in [0.25, 0.3) is 11.3 Å². The first-order valence-corrected chi connectivity index (χ1v) is 8.10. The van der Waals surface area contributed by atoms with Gasteiger partial charge in [-0.2, -0.15) is 13.2 Å². The average molecular weight is 377 g/mol. The molecular weight excluding hydrogens is 362 g/mol. The van der Waals surface area contributed by atoms with Crippen molar-refractivity contribution in [2.24, 2.45) is 0 Å². The van der Waals surface area contributed by atoms with Gasteiger partial charge >= 0.3 is 6.18 Å². The number of nitrogens with zero attached hydrogens (tertiary/aromatic N) is 1. The third-order valence-electron chi connectivity index (χ3n) is 4.09. The summed E-state index contributed by atoms with van der Waals surface area (Å²) >= 11 is 0. The summed E-state index contributed by atoms with van der Waals surface area (Å²) < 4.78 is 58.7. The third-order valence-corrected chi connectivity index (χ3v) is 4.09. The fourth-order valence-corrected chi connectivity index (χ4v) is 2.83. The van der Waals surface area contributed by atoms with E-state index in [1.807, 2.05) is 0 Å². The summed E-state index contributed by atoms with van der Waals surface area (Å²) in [5, 5.41) is 0. The van der Waals surface area contributed by atoms with Crippen molar-refractivity contribution in [3.05, 3.63) is 77.1 Å². The van der Waals surface area contributed by atoms with E-state index in [0.717, 1.165) is 6.07 Å². The lowest BCUT2D eigenvalue weighted by Crippen LogP contribution is -2.14. The number of alkyl halides is 3. The molecule has 140 valence electrons. The molecule has 1 heterocycles. The maximum atomic E-state index is 14.2. The number of oxazole rings is 1. The van der Waals surface area contributed by atoms with Crippen molar-refractivity contribution in [2.45, 2.75) is 25.9 Å². The Hall–Kier alpha value is -2.96. The van der Waals surface area contributed by atoms with Crippen LogP contribution in [-0.4, -0.2) is 10.8 Å². The van der Waals surface area contributed by atoms with Crippen molar-refractivity contribution >= 4 is 5.78 Å². The molecule has 0 spiro atoms. The highest BCUT2D eigenvalue weighted by Crippen LogP contribution is 2.33. The Morgan fingerprint density at radius 2 is 1.89 bits per heavy atom. The molecule has 0 unspecified atom stereocenters. The first-order chi connectivity index (χ1) is 12.7. The summed E-state index contributed by atoms with van der Waals surface area (Å²) in [6.07, 6.45) is -2.54. The normalized spacial score (nSPS) is 11.6. The second-order valence-electron chi connectivity index (χ2n) is 6.23. The predicted octanol–water partition coefficient (Wildman–Crippen LogP) is 5.16. The van der Waals surface area contributed by atoms with Crippen molar-refractivity contribution in [1.29, 1.82) is 0 Å². The van der Waals surface area contributed by atoms with Gasteiger partial charge in [0.1, 0.15) is 11.6 Å². The molecule has 0 aliphatic rings. The number of Topliss-reactive ketones (excluding diaryl/α,β-unsaturated/α-hetero) is 1. The molecule has 0 aliphatic carbocycles. The van der Waals surface area contributed by atoms with Crippen LogP contribution in [0.1, 0.15) is 22.3 Å². The maximum absolute atomic E-state index is 14.2. The molecule has 0 N–H and O–H groups in total. The number of aryl methyl sites for hydroxylation is 1. The second kappa shape index (κ2) is 7.34. The molecule has 7 heteroatoms. The van der Waals surface area contributed by atoms with Crippen molar-refractivity contribution in [3.8, 4) is 11.3 Å². The van der Waals surface area contributed by atoms with Gasteiger partial charge in [-0.05, 0) is 36.2 Å². The van der Waals surface area contributed by atoms with Gasteiger partial charge in [-0.15, -0.1) is 0 Å². The van der Waals surface area contributed by atoms with Gasteiger partial charge in [0.15, 0.2) is 12.2 Å². The minimum Gasteiger partial charge on any atom is -0.443 e. The first kappa shape index (κ1) is 18.8. The zero-order valence-corrected chi connectivity index (χ0v) is 14.3. The maximum Gasteiger partial charge on any atom is 0.416 e. The van der Waals surface area contributed by atoms with Crippen LogP contribution >= 0.6 is 0 Å². The zero-order chi connectivity index (χ0) is 19.6. The van der Waals surface area contributed by atoms with Crippen molar-refractivity contribution in [1.82, 2.24) is 4.98 Å². The molecule has 0 bridgehead atoms. The highest BCUT2D eigenvalue weighted by molar-refractivity contribution is 5.83. The van der Waals surface area contributed by atoms with Crippen LogP contribution in [-0.2, 0) is 23.8 Å². The largest absolute Gasteiger partial charge is 0.443 e. The molecule has 1 aromatic heterocycles. The van der Waals surface area contributed by atoms with Crippen LogP contribution in [0.3, 0.4) is 0 Å². The Morgan fingerprint density at radius 3 is 2.52 bits per heavy atom. The number of benzene rings is 2. The average Bonchev–Trinajstić information content (AvgIpc) is 3.10. The molecule has 0 atom stereocenters. The van der Waals surface area contributed by atoms with Gasteiger partial charge in [-0.1, -0.05) is 23.8 Å². The molecule has 27 heavy (non-hydrogen) atoms. The van der Waals surface area contributed by atoms with E-state index in [2.05, 4.69) is 4.98 Å². The fraction of sp³-hybridized carbons (Fsp3) is 0.200. The van der Waals surface area contributed by atoms with Gasteiger partial charge in [0.2, 0.25) is 0 Å². The van der Waals surface area contributed by atoms with Crippen molar-refractivity contribution in [3.63, 3.8) is 0 Å². The molecular formula is C20H15F4NO2. The van der Waals surface area contributed by atoms with Gasteiger partial charge in [-0.3, -0.25) is 4.79 Å². The topological polar surface area (TPSA) is 43.1 Å². The van der Waals surface area contributed by atoms with E-state index < -0.39 is 23.3 Å². The summed E-state index contributed by atoms with van der Waals surface area (Å²) in [6.45, 7) is 1.56. The van der Waals surface area contributed by atoms with Crippen molar-refractivity contribution < 1.29 is 26.8 Å².